The van der Waals surface area contributed by atoms with E-state index in [4.69, 9.17) is 22.1 Å². The van der Waals surface area contributed by atoms with Gasteiger partial charge in [0.05, 0.1) is 39.8 Å². The van der Waals surface area contributed by atoms with Crippen LogP contribution in [0, 0.1) is 5.82 Å². The van der Waals surface area contributed by atoms with Crippen molar-refractivity contribution < 1.29 is 13.9 Å². The number of anilines is 3. The van der Waals surface area contributed by atoms with Gasteiger partial charge in [-0.1, -0.05) is 24.6 Å². The van der Waals surface area contributed by atoms with Crippen LogP contribution >= 0.6 is 11.6 Å². The summed E-state index contributed by atoms with van der Waals surface area (Å²) in [5.41, 5.74) is 7.82. The van der Waals surface area contributed by atoms with Gasteiger partial charge in [0, 0.05) is 43.8 Å². The van der Waals surface area contributed by atoms with Crippen LogP contribution in [0.1, 0.15) is 24.2 Å². The number of ether oxygens (including phenoxy) is 1. The summed E-state index contributed by atoms with van der Waals surface area (Å²) in [6.45, 7) is 9.17. The molecule has 1 fully saturated rings. The van der Waals surface area contributed by atoms with Crippen molar-refractivity contribution in [2.24, 2.45) is 5.73 Å². The molecule has 0 spiro atoms. The zero-order valence-electron chi connectivity index (χ0n) is 18.7. The summed E-state index contributed by atoms with van der Waals surface area (Å²) in [7, 11) is 0. The number of carbonyl (C=O) groups excluding carboxylic acids is 1. The van der Waals surface area contributed by atoms with Crippen molar-refractivity contribution in [1.29, 1.82) is 0 Å². The van der Waals surface area contributed by atoms with E-state index in [1.165, 1.54) is 12.3 Å². The molecule has 1 aromatic heterocycles. The van der Waals surface area contributed by atoms with Crippen LogP contribution in [-0.2, 0) is 0 Å². The minimum absolute atomic E-state index is 0.0212. The molecule has 0 aliphatic carbocycles. The summed E-state index contributed by atoms with van der Waals surface area (Å²) in [4.78, 5) is 21.3. The molecule has 3 N–H and O–H groups in total. The second-order valence-corrected chi connectivity index (χ2v) is 8.24. The van der Waals surface area contributed by atoms with Crippen molar-refractivity contribution in [2.75, 3.05) is 49.5 Å². The summed E-state index contributed by atoms with van der Waals surface area (Å²) < 4.78 is 20.6. The third kappa shape index (κ3) is 4.67. The lowest BCUT2D eigenvalue weighted by molar-refractivity contribution is 0.100. The van der Waals surface area contributed by atoms with Crippen molar-refractivity contribution in [3.05, 3.63) is 52.9 Å². The first-order valence-electron chi connectivity index (χ1n) is 11.0. The quantitative estimate of drug-likeness (QED) is 0.531. The first kappa shape index (κ1) is 23.1. The molecule has 1 amide bonds. The summed E-state index contributed by atoms with van der Waals surface area (Å²) >= 11 is 5.96. The number of nitrogens with two attached hydrogens (primary N) is 1. The van der Waals surface area contributed by atoms with Gasteiger partial charge in [-0.2, -0.15) is 0 Å². The number of aromatic nitrogens is 1. The predicted molar refractivity (Wildman–Crippen MR) is 130 cm³/mol. The van der Waals surface area contributed by atoms with E-state index < -0.39 is 11.7 Å². The molecular weight excluding hydrogens is 445 g/mol. The average molecular weight is 472 g/mol. The molecule has 0 radical (unpaired) electrons. The number of nitrogens with one attached hydrogen (secondary N) is 1. The fourth-order valence-electron chi connectivity index (χ4n) is 4.09. The fraction of sp³-hybridized carbons (Fsp3) is 0.333. The van der Waals surface area contributed by atoms with Crippen LogP contribution < -0.4 is 20.7 Å². The lowest BCUT2D eigenvalue weighted by Gasteiger charge is -2.36. The van der Waals surface area contributed by atoms with Gasteiger partial charge in [0.15, 0.2) is 5.82 Å². The average Bonchev–Trinajstić information content (AvgIpc) is 2.82. The molecule has 0 saturated carbocycles. The number of halogens is 2. The van der Waals surface area contributed by atoms with Gasteiger partial charge in [-0.25, -0.2) is 4.39 Å². The van der Waals surface area contributed by atoms with Crippen LogP contribution in [-0.4, -0.2) is 55.1 Å². The lowest BCUT2D eigenvalue weighted by Crippen LogP contribution is -2.46. The Kier molecular flexibility index (Phi) is 6.85. The smallest absolute Gasteiger partial charge is 0.252 e. The topological polar surface area (TPSA) is 83.7 Å². The van der Waals surface area contributed by atoms with Gasteiger partial charge in [-0.3, -0.25) is 9.78 Å². The van der Waals surface area contributed by atoms with E-state index in [1.807, 2.05) is 19.1 Å². The molecule has 4 rings (SSSR count). The number of benzene rings is 2. The number of hydrogen-bond acceptors (Lipinski definition) is 6. The minimum atomic E-state index is -0.665. The van der Waals surface area contributed by atoms with E-state index in [1.54, 1.807) is 12.1 Å². The van der Waals surface area contributed by atoms with Crippen molar-refractivity contribution in [1.82, 2.24) is 9.88 Å². The predicted octanol–water partition coefficient (Wildman–Crippen LogP) is 4.41. The van der Waals surface area contributed by atoms with Crippen LogP contribution in [0.25, 0.3) is 10.9 Å². The van der Waals surface area contributed by atoms with Crippen LogP contribution in [0.15, 0.2) is 36.5 Å². The van der Waals surface area contributed by atoms with Crippen LogP contribution in [0.3, 0.4) is 0 Å². The van der Waals surface area contributed by atoms with Crippen molar-refractivity contribution >= 4 is 45.5 Å². The third-order valence-corrected chi connectivity index (χ3v) is 6.18. The Morgan fingerprint density at radius 3 is 2.67 bits per heavy atom. The Balaban J connectivity index is 1.87. The van der Waals surface area contributed by atoms with Crippen molar-refractivity contribution in [2.45, 2.75) is 13.8 Å². The first-order chi connectivity index (χ1) is 15.9. The zero-order valence-corrected chi connectivity index (χ0v) is 19.5. The SMILES string of the molecule is CCOc1cc2ncc(C(N)=O)c(Nc3cccc(Cl)c3F)c2cc1N1CCN(CC)CC1. The second-order valence-electron chi connectivity index (χ2n) is 7.83. The molecule has 1 aliphatic rings. The van der Waals surface area contributed by atoms with E-state index >= 15 is 0 Å². The Morgan fingerprint density at radius 1 is 1.24 bits per heavy atom. The number of nitrogens with zero attached hydrogens (tertiary/aromatic N) is 3. The van der Waals surface area contributed by atoms with E-state index in [0.29, 0.717) is 28.9 Å². The van der Waals surface area contributed by atoms with Crippen LogP contribution in [0.4, 0.5) is 21.5 Å². The summed E-state index contributed by atoms with van der Waals surface area (Å²) in [5.74, 6) is -0.558. The number of pyridine rings is 1. The Hall–Kier alpha value is -3.10. The van der Waals surface area contributed by atoms with E-state index in [0.717, 1.165) is 38.4 Å². The number of primary amides is 1. The summed E-state index contributed by atoms with van der Waals surface area (Å²) in [6.07, 6.45) is 1.39. The lowest BCUT2D eigenvalue weighted by atomic mass is 10.1. The monoisotopic (exact) mass is 471 g/mol. The largest absolute Gasteiger partial charge is 0.492 e. The second kappa shape index (κ2) is 9.80. The Labute approximate surface area is 197 Å². The standard InChI is InChI=1S/C24H27ClFN5O2/c1-3-30-8-10-31(11-9-30)20-12-15-19(13-21(20)33-4-2)28-14-16(24(27)32)23(15)29-18-7-5-6-17(25)22(18)26/h5-7,12-14H,3-4,8-11H2,1-2H3,(H2,27,32)(H,28,29). The molecule has 2 aromatic carbocycles. The van der Waals surface area contributed by atoms with Gasteiger partial charge in [0.1, 0.15) is 5.75 Å². The van der Waals surface area contributed by atoms with Gasteiger partial charge in [0.2, 0.25) is 0 Å². The molecule has 174 valence electrons. The maximum Gasteiger partial charge on any atom is 0.252 e. The highest BCUT2D eigenvalue weighted by Gasteiger charge is 2.23. The van der Waals surface area contributed by atoms with Gasteiger partial charge < -0.3 is 25.6 Å². The number of rotatable bonds is 7. The molecule has 3 aromatic rings. The fourth-order valence-corrected chi connectivity index (χ4v) is 4.26. The highest BCUT2D eigenvalue weighted by atomic mass is 35.5. The highest BCUT2D eigenvalue weighted by molar-refractivity contribution is 6.31. The Bertz CT molecular complexity index is 1180. The molecule has 9 heteroatoms. The number of fused-ring (bicyclic) bond motifs is 1. The van der Waals surface area contributed by atoms with Crippen molar-refractivity contribution in [3.63, 3.8) is 0 Å². The summed E-state index contributed by atoms with van der Waals surface area (Å²) in [6, 6.07) is 8.44. The normalized spacial score (nSPS) is 14.5. The highest BCUT2D eigenvalue weighted by Crippen LogP contribution is 2.39. The van der Waals surface area contributed by atoms with E-state index in [-0.39, 0.29) is 16.3 Å². The molecule has 2 heterocycles. The molecular formula is C24H27ClFN5O2. The molecule has 0 atom stereocenters. The first-order valence-corrected chi connectivity index (χ1v) is 11.4. The maximum absolute atomic E-state index is 14.7. The van der Waals surface area contributed by atoms with Gasteiger partial charge in [0.25, 0.3) is 5.91 Å². The van der Waals surface area contributed by atoms with Gasteiger partial charge >= 0.3 is 0 Å². The molecule has 0 bridgehead atoms. The van der Waals surface area contributed by atoms with E-state index in [9.17, 15) is 9.18 Å². The van der Waals surface area contributed by atoms with Crippen molar-refractivity contribution in [3.8, 4) is 5.75 Å². The molecule has 0 unspecified atom stereocenters. The van der Waals surface area contributed by atoms with Gasteiger partial charge in [-0.05, 0) is 31.7 Å². The van der Waals surface area contributed by atoms with Gasteiger partial charge in [-0.15, -0.1) is 0 Å². The molecule has 1 aliphatic heterocycles. The number of carbonyl (C=O) groups is 1. The molecule has 7 nitrogen and oxygen atoms in total. The number of hydrogen-bond donors (Lipinski definition) is 2. The summed E-state index contributed by atoms with van der Waals surface area (Å²) in [5, 5.41) is 3.66. The van der Waals surface area contributed by atoms with E-state index in [2.05, 4.69) is 27.0 Å². The number of amides is 1. The third-order valence-electron chi connectivity index (χ3n) is 5.89. The zero-order chi connectivity index (χ0) is 23.5. The Morgan fingerprint density at radius 2 is 2.00 bits per heavy atom. The molecule has 1 saturated heterocycles. The number of likely N-dealkylation sites (N-methyl/N-ethyl adjacent to an activating group) is 1. The van der Waals surface area contributed by atoms with Crippen LogP contribution in [0.2, 0.25) is 5.02 Å². The maximum atomic E-state index is 14.7. The molecule has 33 heavy (non-hydrogen) atoms. The minimum Gasteiger partial charge on any atom is -0.492 e. The number of piperazine rings is 1. The van der Waals surface area contributed by atoms with Crippen LogP contribution in [0.5, 0.6) is 5.75 Å².